The third-order valence-corrected chi connectivity index (χ3v) is 3.89. The Morgan fingerprint density at radius 3 is 2.18 bits per heavy atom. The quantitative estimate of drug-likeness (QED) is 0.518. The summed E-state index contributed by atoms with van der Waals surface area (Å²) < 4.78 is 5.82. The van der Waals surface area contributed by atoms with Crippen molar-refractivity contribution in [2.45, 2.75) is 19.4 Å². The molecule has 0 aliphatic carbocycles. The van der Waals surface area contributed by atoms with Crippen LogP contribution in [0.1, 0.15) is 24.2 Å². The first kappa shape index (κ1) is 14.2. The van der Waals surface area contributed by atoms with Crippen molar-refractivity contribution in [1.29, 1.82) is 0 Å². The van der Waals surface area contributed by atoms with Crippen LogP contribution in [-0.2, 0) is 6.42 Å². The van der Waals surface area contributed by atoms with Crippen molar-refractivity contribution in [2.75, 3.05) is 0 Å². The van der Waals surface area contributed by atoms with Gasteiger partial charge in [0.1, 0.15) is 23.4 Å². The van der Waals surface area contributed by atoms with Crippen LogP contribution in [0.4, 0.5) is 0 Å². The zero-order chi connectivity index (χ0) is 16.0. The first-order valence-corrected chi connectivity index (χ1v) is 6.83. The van der Waals surface area contributed by atoms with Gasteiger partial charge >= 0.3 is 0 Å². The van der Waals surface area contributed by atoms with Crippen LogP contribution in [0.3, 0.4) is 0 Å². The molecule has 116 valence electrons. The van der Waals surface area contributed by atoms with Crippen molar-refractivity contribution >= 4 is 0 Å². The van der Waals surface area contributed by atoms with Crippen LogP contribution < -0.4 is 4.74 Å². The second-order valence-corrected chi connectivity index (χ2v) is 5.57. The van der Waals surface area contributed by atoms with Gasteiger partial charge in [-0.3, -0.25) is 0 Å². The second kappa shape index (κ2) is 4.91. The molecule has 0 radical (unpaired) electrons. The molecule has 22 heavy (non-hydrogen) atoms. The van der Waals surface area contributed by atoms with Crippen LogP contribution in [0.15, 0.2) is 24.3 Å². The van der Waals surface area contributed by atoms with Crippen LogP contribution in [0.2, 0.25) is 0 Å². The molecule has 2 aromatic carbocycles. The van der Waals surface area contributed by atoms with Crippen molar-refractivity contribution in [1.82, 2.24) is 0 Å². The highest BCUT2D eigenvalue weighted by Gasteiger charge is 2.31. The summed E-state index contributed by atoms with van der Waals surface area (Å²) in [5, 5.41) is 48.1. The molecule has 1 heterocycles. The van der Waals surface area contributed by atoms with Crippen molar-refractivity contribution in [2.24, 2.45) is 5.92 Å². The van der Waals surface area contributed by atoms with Crippen molar-refractivity contribution in [3.05, 3.63) is 35.4 Å². The number of hydrogen-bond acceptors (Lipinski definition) is 6. The Morgan fingerprint density at radius 2 is 1.55 bits per heavy atom. The summed E-state index contributed by atoms with van der Waals surface area (Å²) in [5.41, 5.74) is 1.10. The number of benzene rings is 2. The van der Waals surface area contributed by atoms with Gasteiger partial charge in [-0.05, 0) is 18.6 Å². The highest BCUT2D eigenvalue weighted by molar-refractivity contribution is 5.54. The van der Waals surface area contributed by atoms with Gasteiger partial charge in [0.05, 0.1) is 0 Å². The Kier molecular flexibility index (Phi) is 3.16. The minimum atomic E-state index is -0.581. The monoisotopic (exact) mass is 304 g/mol. The van der Waals surface area contributed by atoms with E-state index in [4.69, 9.17) is 4.74 Å². The highest BCUT2D eigenvalue weighted by atomic mass is 16.5. The predicted octanol–water partition coefficient (Wildman–Crippen LogP) is 2.53. The summed E-state index contributed by atoms with van der Waals surface area (Å²) in [6.07, 6.45) is 0.0141. The smallest absolute Gasteiger partial charge is 0.200 e. The number of fused-ring (bicyclic) bond motifs is 1. The van der Waals surface area contributed by atoms with Gasteiger partial charge < -0.3 is 30.3 Å². The fourth-order valence-corrected chi connectivity index (χ4v) is 2.79. The van der Waals surface area contributed by atoms with Crippen molar-refractivity contribution in [3.8, 4) is 34.5 Å². The Balaban J connectivity index is 2.03. The van der Waals surface area contributed by atoms with Crippen LogP contribution in [0, 0.1) is 5.92 Å². The number of phenolic OH excluding ortho intramolecular Hbond substituents is 5. The van der Waals surface area contributed by atoms with E-state index in [1.54, 1.807) is 0 Å². The molecule has 0 bridgehead atoms. The van der Waals surface area contributed by atoms with E-state index < -0.39 is 23.4 Å². The molecule has 0 aromatic heterocycles. The third-order valence-electron chi connectivity index (χ3n) is 3.89. The minimum absolute atomic E-state index is 0.0308. The van der Waals surface area contributed by atoms with Crippen LogP contribution >= 0.6 is 0 Å². The molecule has 0 saturated carbocycles. The van der Waals surface area contributed by atoms with E-state index in [0.717, 1.165) is 0 Å². The molecule has 0 unspecified atom stereocenters. The molecule has 3 rings (SSSR count). The van der Waals surface area contributed by atoms with E-state index in [2.05, 4.69) is 0 Å². The lowest BCUT2D eigenvalue weighted by molar-refractivity contribution is 0.121. The van der Waals surface area contributed by atoms with E-state index in [9.17, 15) is 25.5 Å². The van der Waals surface area contributed by atoms with Gasteiger partial charge in [0.2, 0.25) is 0 Å². The Morgan fingerprint density at radius 1 is 0.909 bits per heavy atom. The van der Waals surface area contributed by atoms with Crippen molar-refractivity contribution in [3.63, 3.8) is 0 Å². The third kappa shape index (κ3) is 2.22. The summed E-state index contributed by atoms with van der Waals surface area (Å²) >= 11 is 0. The van der Waals surface area contributed by atoms with Gasteiger partial charge in [0, 0.05) is 29.2 Å². The lowest BCUT2D eigenvalue weighted by atomic mass is 9.87. The Labute approximate surface area is 126 Å². The SMILES string of the molecule is C[C@H]1Cc2c(O)cc(O)cc2O[C@@H]1c1cc(O)c(O)c(O)c1. The largest absolute Gasteiger partial charge is 0.508 e. The summed E-state index contributed by atoms with van der Waals surface area (Å²) in [7, 11) is 0. The first-order valence-electron chi connectivity index (χ1n) is 6.83. The van der Waals surface area contributed by atoms with Gasteiger partial charge in [-0.1, -0.05) is 6.92 Å². The lowest BCUT2D eigenvalue weighted by Gasteiger charge is -2.32. The molecule has 0 saturated heterocycles. The normalized spacial score (nSPS) is 20.2. The minimum Gasteiger partial charge on any atom is -0.508 e. The molecule has 6 nitrogen and oxygen atoms in total. The fraction of sp³-hybridized carbons (Fsp3) is 0.250. The molecule has 0 amide bonds. The van der Waals surface area contributed by atoms with E-state index >= 15 is 0 Å². The zero-order valence-corrected chi connectivity index (χ0v) is 11.8. The van der Waals surface area contributed by atoms with Crippen molar-refractivity contribution < 1.29 is 30.3 Å². The van der Waals surface area contributed by atoms with Gasteiger partial charge in [-0.25, -0.2) is 0 Å². The Hall–Kier alpha value is -2.76. The predicted molar refractivity (Wildman–Crippen MR) is 77.4 cm³/mol. The molecule has 2 aromatic rings. The summed E-state index contributed by atoms with van der Waals surface area (Å²) in [6, 6.07) is 5.31. The number of phenols is 5. The maximum Gasteiger partial charge on any atom is 0.200 e. The number of aromatic hydroxyl groups is 5. The van der Waals surface area contributed by atoms with E-state index in [-0.39, 0.29) is 17.4 Å². The zero-order valence-electron chi connectivity index (χ0n) is 11.8. The summed E-state index contributed by atoms with van der Waals surface area (Å²) in [4.78, 5) is 0. The van der Waals surface area contributed by atoms with Crippen LogP contribution in [0.25, 0.3) is 0 Å². The molecule has 6 heteroatoms. The van der Waals surface area contributed by atoms with E-state index in [1.807, 2.05) is 6.92 Å². The highest BCUT2D eigenvalue weighted by Crippen LogP contribution is 2.46. The fourth-order valence-electron chi connectivity index (χ4n) is 2.79. The van der Waals surface area contributed by atoms with Gasteiger partial charge in [-0.2, -0.15) is 0 Å². The van der Waals surface area contributed by atoms with E-state index in [1.165, 1.54) is 24.3 Å². The molecule has 1 aliphatic heterocycles. The summed E-state index contributed by atoms with van der Waals surface area (Å²) in [6.45, 7) is 1.90. The average molecular weight is 304 g/mol. The lowest BCUT2D eigenvalue weighted by Crippen LogP contribution is -2.23. The Bertz CT molecular complexity index is 717. The molecule has 0 fully saturated rings. The first-order chi connectivity index (χ1) is 10.4. The van der Waals surface area contributed by atoms with E-state index in [0.29, 0.717) is 23.3 Å². The van der Waals surface area contributed by atoms with Gasteiger partial charge in [0.25, 0.3) is 0 Å². The van der Waals surface area contributed by atoms with Gasteiger partial charge in [-0.15, -0.1) is 0 Å². The average Bonchev–Trinajstić information content (AvgIpc) is 2.44. The topological polar surface area (TPSA) is 110 Å². The van der Waals surface area contributed by atoms with Crippen LogP contribution in [0.5, 0.6) is 34.5 Å². The maximum atomic E-state index is 9.88. The number of hydrogen-bond donors (Lipinski definition) is 5. The molecular weight excluding hydrogens is 288 g/mol. The molecule has 0 spiro atoms. The molecule has 1 aliphatic rings. The number of ether oxygens (including phenoxy) is 1. The standard InChI is InChI=1S/C16H16O6/c1-7-2-10-11(18)5-9(17)6-14(10)22-16(7)8-3-12(19)15(21)13(20)4-8/h3-7,16-21H,2H2,1H3/t7-,16-/m0/s1. The number of rotatable bonds is 1. The van der Waals surface area contributed by atoms with Crippen LogP contribution in [-0.4, -0.2) is 25.5 Å². The van der Waals surface area contributed by atoms with Gasteiger partial charge in [0.15, 0.2) is 17.2 Å². The molecule has 2 atom stereocenters. The molecular formula is C16H16O6. The second-order valence-electron chi connectivity index (χ2n) is 5.57. The molecule has 5 N–H and O–H groups in total. The maximum absolute atomic E-state index is 9.88. The summed E-state index contributed by atoms with van der Waals surface area (Å²) in [5.74, 6) is -1.29.